The maximum Gasteiger partial charge on any atom is 0.334 e. The summed E-state index contributed by atoms with van der Waals surface area (Å²) in [7, 11) is 1.47. The third kappa shape index (κ3) is 1.68. The molecule has 1 aliphatic heterocycles. The van der Waals surface area contributed by atoms with Gasteiger partial charge in [0.15, 0.2) is 0 Å². The third-order valence-electron chi connectivity index (χ3n) is 3.28. The molecule has 2 aromatic rings. The minimum absolute atomic E-state index is 0.299. The van der Waals surface area contributed by atoms with Crippen LogP contribution < -0.4 is 11.2 Å². The molecule has 19 heavy (non-hydrogen) atoms. The smallest absolute Gasteiger partial charge is 0.334 e. The van der Waals surface area contributed by atoms with Gasteiger partial charge in [0.05, 0.1) is 16.6 Å². The second kappa shape index (κ2) is 4.08. The van der Waals surface area contributed by atoms with E-state index in [4.69, 9.17) is 4.84 Å². The first kappa shape index (κ1) is 11.7. The molecule has 0 fully saturated rings. The Morgan fingerprint density at radius 3 is 2.74 bits per heavy atom. The van der Waals surface area contributed by atoms with Crippen molar-refractivity contribution in [2.45, 2.75) is 19.6 Å². The zero-order chi connectivity index (χ0) is 13.6. The van der Waals surface area contributed by atoms with E-state index in [1.54, 1.807) is 24.3 Å². The normalized spacial score (nSPS) is 18.4. The lowest BCUT2D eigenvalue weighted by atomic mass is 10.2. The minimum Gasteiger partial charge on any atom is -0.370 e. The number of benzene rings is 1. The van der Waals surface area contributed by atoms with Crippen LogP contribution in [0.25, 0.3) is 10.9 Å². The fourth-order valence-corrected chi connectivity index (χ4v) is 2.29. The predicted octanol–water partition coefficient (Wildman–Crippen LogP) is 0.995. The Morgan fingerprint density at radius 1 is 1.32 bits per heavy atom. The van der Waals surface area contributed by atoms with Crippen LogP contribution in [0.1, 0.15) is 19.6 Å². The number of para-hydroxylation sites is 1. The van der Waals surface area contributed by atoms with Crippen molar-refractivity contribution in [3.63, 3.8) is 0 Å². The van der Waals surface area contributed by atoms with Gasteiger partial charge in [-0.2, -0.15) is 0 Å². The van der Waals surface area contributed by atoms with Gasteiger partial charge in [0.25, 0.3) is 5.56 Å². The first-order valence-corrected chi connectivity index (χ1v) is 5.99. The van der Waals surface area contributed by atoms with E-state index in [9.17, 15) is 9.59 Å². The van der Waals surface area contributed by atoms with Crippen LogP contribution in [0.15, 0.2) is 39.0 Å². The Bertz CT molecular complexity index is 801. The molecule has 0 amide bonds. The number of hydrogen-bond acceptors (Lipinski definition) is 4. The molecule has 0 spiro atoms. The zero-order valence-corrected chi connectivity index (χ0v) is 10.7. The van der Waals surface area contributed by atoms with Gasteiger partial charge < -0.3 is 4.84 Å². The Balaban J connectivity index is 2.35. The number of fused-ring (bicyclic) bond motifs is 1. The Labute approximate surface area is 108 Å². The van der Waals surface area contributed by atoms with Crippen LogP contribution in [0.2, 0.25) is 0 Å². The maximum absolute atomic E-state index is 12.3. The van der Waals surface area contributed by atoms with Crippen molar-refractivity contribution in [3.05, 3.63) is 45.1 Å². The third-order valence-corrected chi connectivity index (χ3v) is 3.28. The number of rotatable bonds is 1. The first-order chi connectivity index (χ1) is 9.09. The number of hydrogen-bond donors (Lipinski definition) is 0. The van der Waals surface area contributed by atoms with Gasteiger partial charge in [0.1, 0.15) is 0 Å². The second-order valence-corrected chi connectivity index (χ2v) is 4.62. The summed E-state index contributed by atoms with van der Waals surface area (Å²) in [5.41, 5.74) is 0.714. The summed E-state index contributed by atoms with van der Waals surface area (Å²) in [4.78, 5) is 29.6. The Kier molecular flexibility index (Phi) is 2.51. The average molecular weight is 259 g/mol. The fraction of sp³-hybridized carbons (Fsp3) is 0.308. The molecule has 0 saturated heterocycles. The molecular weight excluding hydrogens is 246 g/mol. The van der Waals surface area contributed by atoms with E-state index in [1.165, 1.54) is 11.6 Å². The van der Waals surface area contributed by atoms with E-state index in [1.807, 2.05) is 6.92 Å². The standard InChI is InChI=1S/C13H13N3O3/c1-8-7-11(19-14-8)16-10-6-4-3-5-9(10)12(17)15(2)13(16)18/h3-6,11H,7H2,1-2H3. The van der Waals surface area contributed by atoms with Crippen LogP contribution in [-0.4, -0.2) is 14.8 Å². The van der Waals surface area contributed by atoms with E-state index in [0.717, 1.165) is 10.3 Å². The first-order valence-electron chi connectivity index (χ1n) is 5.99. The average Bonchev–Trinajstić information content (AvgIpc) is 2.83. The van der Waals surface area contributed by atoms with Crippen molar-refractivity contribution in [1.29, 1.82) is 0 Å². The Hall–Kier alpha value is -2.37. The lowest BCUT2D eigenvalue weighted by Gasteiger charge is -2.16. The molecule has 1 aliphatic rings. The van der Waals surface area contributed by atoms with Gasteiger partial charge in [0.2, 0.25) is 6.23 Å². The van der Waals surface area contributed by atoms with E-state index in [-0.39, 0.29) is 5.56 Å². The van der Waals surface area contributed by atoms with Gasteiger partial charge in [-0.05, 0) is 19.1 Å². The second-order valence-electron chi connectivity index (χ2n) is 4.62. The summed E-state index contributed by atoms with van der Waals surface area (Å²) in [5, 5.41) is 4.36. The summed E-state index contributed by atoms with van der Waals surface area (Å²) in [6.45, 7) is 1.84. The molecule has 3 rings (SSSR count). The summed E-state index contributed by atoms with van der Waals surface area (Å²) >= 11 is 0. The van der Waals surface area contributed by atoms with Crippen LogP contribution >= 0.6 is 0 Å². The van der Waals surface area contributed by atoms with Crippen LogP contribution in [-0.2, 0) is 11.9 Å². The molecule has 6 heteroatoms. The summed E-state index contributed by atoms with van der Waals surface area (Å²) in [6.07, 6.45) is 0.0615. The molecule has 1 aromatic heterocycles. The molecule has 1 unspecified atom stereocenters. The molecule has 0 bridgehead atoms. The van der Waals surface area contributed by atoms with Crippen molar-refractivity contribution in [1.82, 2.24) is 9.13 Å². The van der Waals surface area contributed by atoms with Crippen molar-refractivity contribution >= 4 is 16.6 Å². The van der Waals surface area contributed by atoms with E-state index in [0.29, 0.717) is 17.3 Å². The molecule has 0 radical (unpaired) electrons. The van der Waals surface area contributed by atoms with E-state index in [2.05, 4.69) is 5.16 Å². The molecule has 1 aromatic carbocycles. The van der Waals surface area contributed by atoms with Gasteiger partial charge in [-0.3, -0.25) is 13.9 Å². The summed E-state index contributed by atoms with van der Waals surface area (Å²) in [5.74, 6) is 0. The van der Waals surface area contributed by atoms with Crippen LogP contribution in [0.3, 0.4) is 0 Å². The van der Waals surface area contributed by atoms with Crippen molar-refractivity contribution in [3.8, 4) is 0 Å². The largest absolute Gasteiger partial charge is 0.370 e. The van der Waals surface area contributed by atoms with Crippen molar-refractivity contribution < 1.29 is 4.84 Å². The van der Waals surface area contributed by atoms with E-state index >= 15 is 0 Å². The van der Waals surface area contributed by atoms with Gasteiger partial charge in [0, 0.05) is 13.5 Å². The van der Waals surface area contributed by atoms with Gasteiger partial charge in [-0.1, -0.05) is 17.3 Å². The highest BCUT2D eigenvalue weighted by molar-refractivity contribution is 5.83. The quantitative estimate of drug-likeness (QED) is 0.767. The summed E-state index contributed by atoms with van der Waals surface area (Å²) < 4.78 is 2.58. The van der Waals surface area contributed by atoms with Crippen LogP contribution in [0.5, 0.6) is 0 Å². The minimum atomic E-state index is -0.482. The SMILES string of the molecule is CC1=NOC(n2c(=O)n(C)c(=O)c3ccccc32)C1. The highest BCUT2D eigenvalue weighted by Crippen LogP contribution is 2.22. The zero-order valence-electron chi connectivity index (χ0n) is 10.7. The predicted molar refractivity (Wildman–Crippen MR) is 71.3 cm³/mol. The highest BCUT2D eigenvalue weighted by atomic mass is 16.7. The molecule has 0 saturated carbocycles. The van der Waals surface area contributed by atoms with E-state index < -0.39 is 11.9 Å². The van der Waals surface area contributed by atoms with Gasteiger partial charge in [-0.25, -0.2) is 4.79 Å². The summed E-state index contributed by atoms with van der Waals surface area (Å²) in [6, 6.07) is 7.02. The lowest BCUT2D eigenvalue weighted by molar-refractivity contribution is 0.0313. The number of nitrogens with zero attached hydrogens (tertiary/aromatic N) is 3. The topological polar surface area (TPSA) is 65.6 Å². The van der Waals surface area contributed by atoms with Crippen molar-refractivity contribution in [2.24, 2.45) is 12.2 Å². The number of aromatic nitrogens is 2. The molecule has 1 atom stereocenters. The number of oxime groups is 1. The van der Waals surface area contributed by atoms with Gasteiger partial charge >= 0.3 is 5.69 Å². The fourth-order valence-electron chi connectivity index (χ4n) is 2.29. The highest BCUT2D eigenvalue weighted by Gasteiger charge is 2.24. The van der Waals surface area contributed by atoms with Gasteiger partial charge in [-0.15, -0.1) is 0 Å². The molecule has 6 nitrogen and oxygen atoms in total. The van der Waals surface area contributed by atoms with Crippen LogP contribution in [0, 0.1) is 0 Å². The Morgan fingerprint density at radius 2 is 2.05 bits per heavy atom. The molecule has 0 N–H and O–H groups in total. The lowest BCUT2D eigenvalue weighted by Crippen LogP contribution is -2.39. The molecule has 98 valence electrons. The maximum atomic E-state index is 12.3. The monoisotopic (exact) mass is 259 g/mol. The van der Waals surface area contributed by atoms with Crippen LogP contribution in [0.4, 0.5) is 0 Å². The molecule has 0 aliphatic carbocycles. The molecule has 2 heterocycles. The van der Waals surface area contributed by atoms with Crippen molar-refractivity contribution in [2.75, 3.05) is 0 Å². The molecular formula is C13H13N3O3.